The van der Waals surface area contributed by atoms with Crippen LogP contribution in [0.2, 0.25) is 0 Å². The van der Waals surface area contributed by atoms with E-state index >= 15 is 0 Å². The maximum atomic E-state index is 10.2. The van der Waals surface area contributed by atoms with Crippen LogP contribution < -0.4 is 0 Å². The molecule has 0 saturated carbocycles. The van der Waals surface area contributed by atoms with Crippen LogP contribution in [0.3, 0.4) is 0 Å². The Kier molecular flexibility index (Phi) is 4.26. The summed E-state index contributed by atoms with van der Waals surface area (Å²) in [5.41, 5.74) is 1.10. The lowest BCUT2D eigenvalue weighted by Crippen LogP contribution is -1.82. The molecule has 0 aliphatic carbocycles. The van der Waals surface area contributed by atoms with Gasteiger partial charge in [-0.1, -0.05) is 6.07 Å². The van der Waals surface area contributed by atoms with Crippen molar-refractivity contribution in [3.05, 3.63) is 23.8 Å². The Labute approximate surface area is 90.1 Å². The smallest absolute Gasteiger partial charge is 0.211 e. The third-order valence-corrected chi connectivity index (χ3v) is 1.72. The van der Waals surface area contributed by atoms with E-state index in [2.05, 4.69) is 15.0 Å². The van der Waals surface area contributed by atoms with Gasteiger partial charge in [-0.2, -0.15) is 9.98 Å². The topological polar surface area (TPSA) is 88.3 Å². The minimum atomic E-state index is 0.0507. The monoisotopic (exact) mass is 215 g/mol. The molecule has 0 N–H and O–H groups in total. The number of isocyanates is 3. The molecular formula is C10H5N3O3. The van der Waals surface area contributed by atoms with Crippen LogP contribution in [0.4, 0.5) is 11.4 Å². The Balaban J connectivity index is 3.22. The molecule has 0 aliphatic heterocycles. The highest BCUT2D eigenvalue weighted by Gasteiger charge is 2.02. The number of nitrogens with zero attached hydrogens (tertiary/aromatic N) is 3. The van der Waals surface area contributed by atoms with Crippen LogP contribution in [0.15, 0.2) is 33.2 Å². The van der Waals surface area contributed by atoms with E-state index < -0.39 is 0 Å². The Bertz CT molecular complexity index is 534. The number of rotatable bonds is 4. The van der Waals surface area contributed by atoms with Gasteiger partial charge in [-0.3, -0.25) is 0 Å². The molecule has 1 rings (SSSR count). The molecule has 0 radical (unpaired) electrons. The average molecular weight is 215 g/mol. The predicted molar refractivity (Wildman–Crippen MR) is 53.8 cm³/mol. The van der Waals surface area contributed by atoms with Gasteiger partial charge < -0.3 is 0 Å². The van der Waals surface area contributed by atoms with Gasteiger partial charge in [0.2, 0.25) is 18.2 Å². The highest BCUT2D eigenvalue weighted by molar-refractivity contribution is 5.62. The molecule has 0 saturated heterocycles. The second-order valence-electron chi connectivity index (χ2n) is 2.63. The summed E-state index contributed by atoms with van der Waals surface area (Å²) >= 11 is 0. The molecule has 0 amide bonds. The standard InChI is InChI=1S/C10H5N3O3/c14-5-11-4-8-1-2-9(12-6-15)3-10(8)13-7-16/h1-3H,4H2. The average Bonchev–Trinajstić information content (AvgIpc) is 2.29. The molecule has 6 heteroatoms. The molecule has 1 aromatic rings. The number of benzene rings is 1. The molecule has 16 heavy (non-hydrogen) atoms. The number of hydrogen-bond acceptors (Lipinski definition) is 6. The summed E-state index contributed by atoms with van der Waals surface area (Å²) in [6.07, 6.45) is 4.10. The molecule has 1 aromatic carbocycles. The Morgan fingerprint density at radius 3 is 2.38 bits per heavy atom. The van der Waals surface area contributed by atoms with E-state index in [-0.39, 0.29) is 12.2 Å². The fourth-order valence-electron chi connectivity index (χ4n) is 1.08. The van der Waals surface area contributed by atoms with E-state index in [0.29, 0.717) is 11.3 Å². The Hall–Kier alpha value is -2.64. The SMILES string of the molecule is O=C=NCc1ccc(N=C=O)cc1N=C=O. The van der Waals surface area contributed by atoms with E-state index in [9.17, 15) is 14.4 Å². The van der Waals surface area contributed by atoms with Gasteiger partial charge in [-0.15, -0.1) is 0 Å². The van der Waals surface area contributed by atoms with Gasteiger partial charge in [0, 0.05) is 5.56 Å². The van der Waals surface area contributed by atoms with Crippen LogP contribution in [0.5, 0.6) is 0 Å². The van der Waals surface area contributed by atoms with Gasteiger partial charge in [-0.05, 0) is 12.1 Å². The molecule has 0 unspecified atom stereocenters. The van der Waals surface area contributed by atoms with Crippen molar-refractivity contribution in [2.24, 2.45) is 15.0 Å². The van der Waals surface area contributed by atoms with Crippen molar-refractivity contribution in [1.29, 1.82) is 0 Å². The lowest BCUT2D eigenvalue weighted by Gasteiger charge is -2.00. The molecule has 6 nitrogen and oxygen atoms in total. The summed E-state index contributed by atoms with van der Waals surface area (Å²) in [6.45, 7) is 0.0507. The first-order valence-electron chi connectivity index (χ1n) is 4.14. The number of aliphatic imine (C=N–C) groups is 3. The summed E-state index contributed by atoms with van der Waals surface area (Å²) in [4.78, 5) is 40.3. The van der Waals surface area contributed by atoms with Crippen molar-refractivity contribution in [2.45, 2.75) is 6.54 Å². The van der Waals surface area contributed by atoms with Crippen LogP contribution in [0.25, 0.3) is 0 Å². The van der Waals surface area contributed by atoms with E-state index in [1.54, 1.807) is 6.07 Å². The van der Waals surface area contributed by atoms with E-state index in [1.807, 2.05) is 0 Å². The van der Waals surface area contributed by atoms with Gasteiger partial charge in [0.1, 0.15) is 0 Å². The lowest BCUT2D eigenvalue weighted by atomic mass is 10.1. The van der Waals surface area contributed by atoms with Crippen LogP contribution in [0, 0.1) is 0 Å². The summed E-state index contributed by atoms with van der Waals surface area (Å²) in [7, 11) is 0. The van der Waals surface area contributed by atoms with E-state index in [0.717, 1.165) is 0 Å². The molecule has 78 valence electrons. The molecular weight excluding hydrogens is 210 g/mol. The lowest BCUT2D eigenvalue weighted by molar-refractivity contribution is 0.562. The largest absolute Gasteiger partial charge is 0.240 e. The first-order valence-corrected chi connectivity index (χ1v) is 4.14. The van der Waals surface area contributed by atoms with Crippen molar-refractivity contribution < 1.29 is 14.4 Å². The molecule has 0 fully saturated rings. The normalized spacial score (nSPS) is 8.25. The fourth-order valence-corrected chi connectivity index (χ4v) is 1.08. The molecule has 0 heterocycles. The van der Waals surface area contributed by atoms with Crippen molar-refractivity contribution in [3.8, 4) is 0 Å². The van der Waals surface area contributed by atoms with Gasteiger partial charge in [-0.25, -0.2) is 19.4 Å². The van der Waals surface area contributed by atoms with Gasteiger partial charge in [0.25, 0.3) is 0 Å². The Morgan fingerprint density at radius 1 is 1.00 bits per heavy atom. The maximum Gasteiger partial charge on any atom is 0.240 e. The van der Waals surface area contributed by atoms with Gasteiger partial charge >= 0.3 is 0 Å². The van der Waals surface area contributed by atoms with E-state index in [1.165, 1.54) is 30.4 Å². The third-order valence-electron chi connectivity index (χ3n) is 1.72. The first-order chi connectivity index (χ1) is 7.81. The van der Waals surface area contributed by atoms with Crippen LogP contribution >= 0.6 is 0 Å². The van der Waals surface area contributed by atoms with Crippen LogP contribution in [-0.2, 0) is 20.9 Å². The highest BCUT2D eigenvalue weighted by atomic mass is 16.1. The molecule has 0 aromatic heterocycles. The Morgan fingerprint density at radius 2 is 1.75 bits per heavy atom. The van der Waals surface area contributed by atoms with Crippen LogP contribution in [-0.4, -0.2) is 18.2 Å². The summed E-state index contributed by atoms with van der Waals surface area (Å²) < 4.78 is 0. The second-order valence-corrected chi connectivity index (χ2v) is 2.63. The quantitative estimate of drug-likeness (QED) is 0.562. The molecule has 0 aliphatic rings. The molecule has 0 spiro atoms. The maximum absolute atomic E-state index is 10.2. The van der Waals surface area contributed by atoms with E-state index in [4.69, 9.17) is 0 Å². The third kappa shape index (κ3) is 2.94. The molecule has 0 bridgehead atoms. The summed E-state index contributed by atoms with van der Waals surface area (Å²) in [6, 6.07) is 4.46. The highest BCUT2D eigenvalue weighted by Crippen LogP contribution is 2.25. The van der Waals surface area contributed by atoms with Gasteiger partial charge in [0.05, 0.1) is 17.9 Å². The van der Waals surface area contributed by atoms with Gasteiger partial charge in [0.15, 0.2) is 0 Å². The minimum Gasteiger partial charge on any atom is -0.211 e. The predicted octanol–water partition coefficient (Wildman–Crippen LogP) is 1.46. The zero-order valence-corrected chi connectivity index (χ0v) is 8.01. The second kappa shape index (κ2) is 5.96. The number of carbonyl (C=O) groups excluding carboxylic acids is 3. The summed E-state index contributed by atoms with van der Waals surface area (Å²) in [5.74, 6) is 0. The zero-order valence-electron chi connectivity index (χ0n) is 8.01. The summed E-state index contributed by atoms with van der Waals surface area (Å²) in [5, 5.41) is 0. The van der Waals surface area contributed by atoms with Crippen LogP contribution in [0.1, 0.15) is 5.56 Å². The zero-order chi connectivity index (χ0) is 11.8. The van der Waals surface area contributed by atoms with Crippen molar-refractivity contribution >= 4 is 29.6 Å². The number of hydrogen-bond donors (Lipinski definition) is 0. The van der Waals surface area contributed by atoms with Crippen molar-refractivity contribution in [2.75, 3.05) is 0 Å². The fraction of sp³-hybridized carbons (Fsp3) is 0.100. The molecule has 0 atom stereocenters. The van der Waals surface area contributed by atoms with Crippen molar-refractivity contribution in [3.63, 3.8) is 0 Å². The minimum absolute atomic E-state index is 0.0507. The van der Waals surface area contributed by atoms with Crippen molar-refractivity contribution in [1.82, 2.24) is 0 Å². The first kappa shape index (κ1) is 11.4.